The van der Waals surface area contributed by atoms with Crippen LogP contribution in [-0.4, -0.2) is 29.4 Å². The normalized spacial score (nSPS) is 14.0. The molecular weight excluding hydrogens is 293 g/mol. The van der Waals surface area contributed by atoms with Crippen molar-refractivity contribution in [3.05, 3.63) is 35.4 Å². The highest BCUT2D eigenvalue weighted by Crippen LogP contribution is 2.32. The molecular formula is C16H23F3N2O. The van der Waals surface area contributed by atoms with Gasteiger partial charge in [0, 0.05) is 12.1 Å². The number of halogens is 3. The molecule has 0 aliphatic carbocycles. The highest BCUT2D eigenvalue weighted by Gasteiger charge is 2.33. The van der Waals surface area contributed by atoms with Gasteiger partial charge in [-0.1, -0.05) is 18.2 Å². The first kappa shape index (κ1) is 18.5. The molecule has 1 atom stereocenters. The molecule has 22 heavy (non-hydrogen) atoms. The van der Waals surface area contributed by atoms with Crippen LogP contribution in [0, 0.1) is 0 Å². The number of amides is 1. The Kier molecular flexibility index (Phi) is 5.62. The smallest absolute Gasteiger partial charge is 0.350 e. The summed E-state index contributed by atoms with van der Waals surface area (Å²) in [5, 5.41) is 2.83. The molecule has 0 heterocycles. The van der Waals surface area contributed by atoms with Gasteiger partial charge in [0.1, 0.15) is 0 Å². The van der Waals surface area contributed by atoms with Crippen molar-refractivity contribution in [3.63, 3.8) is 0 Å². The third-order valence-electron chi connectivity index (χ3n) is 3.28. The molecule has 1 aromatic carbocycles. The van der Waals surface area contributed by atoms with E-state index in [1.807, 2.05) is 20.8 Å². The molecule has 1 aromatic rings. The molecule has 3 nitrogen and oxygen atoms in total. The van der Waals surface area contributed by atoms with Gasteiger partial charge in [0.25, 0.3) is 0 Å². The lowest BCUT2D eigenvalue weighted by atomic mass is 10.1. The maximum atomic E-state index is 13.0. The number of carbonyl (C=O) groups is 1. The van der Waals surface area contributed by atoms with Crippen LogP contribution in [0.5, 0.6) is 0 Å². The van der Waals surface area contributed by atoms with E-state index in [1.54, 1.807) is 24.9 Å². The van der Waals surface area contributed by atoms with Gasteiger partial charge >= 0.3 is 6.18 Å². The molecule has 0 spiro atoms. The fourth-order valence-electron chi connectivity index (χ4n) is 2.01. The highest BCUT2D eigenvalue weighted by atomic mass is 19.4. The Bertz CT molecular complexity index is 521. The summed E-state index contributed by atoms with van der Waals surface area (Å²) in [6.45, 7) is 7.30. The summed E-state index contributed by atoms with van der Waals surface area (Å²) >= 11 is 0. The summed E-state index contributed by atoms with van der Waals surface area (Å²) in [6, 6.07) is 4.90. The first-order valence-electron chi connectivity index (χ1n) is 7.09. The Morgan fingerprint density at radius 1 is 1.23 bits per heavy atom. The molecule has 0 radical (unpaired) electrons. The van der Waals surface area contributed by atoms with Crippen molar-refractivity contribution in [1.29, 1.82) is 0 Å². The second-order valence-electron chi connectivity index (χ2n) is 6.49. The van der Waals surface area contributed by atoms with Crippen LogP contribution >= 0.6 is 0 Å². The summed E-state index contributed by atoms with van der Waals surface area (Å²) in [5.74, 6) is -0.209. The van der Waals surface area contributed by atoms with Crippen LogP contribution < -0.4 is 5.32 Å². The number of hydrogen-bond acceptors (Lipinski definition) is 2. The van der Waals surface area contributed by atoms with Crippen LogP contribution in [0.3, 0.4) is 0 Å². The fourth-order valence-corrected chi connectivity index (χ4v) is 2.01. The van der Waals surface area contributed by atoms with E-state index in [2.05, 4.69) is 5.32 Å². The quantitative estimate of drug-likeness (QED) is 0.923. The van der Waals surface area contributed by atoms with Gasteiger partial charge in [-0.15, -0.1) is 0 Å². The van der Waals surface area contributed by atoms with Crippen LogP contribution in [0.25, 0.3) is 0 Å². The van der Waals surface area contributed by atoms with E-state index < -0.39 is 17.8 Å². The zero-order valence-corrected chi connectivity index (χ0v) is 13.6. The van der Waals surface area contributed by atoms with Gasteiger partial charge in [0.15, 0.2) is 0 Å². The summed E-state index contributed by atoms with van der Waals surface area (Å²) in [7, 11) is 1.64. The van der Waals surface area contributed by atoms with E-state index in [1.165, 1.54) is 12.1 Å². The van der Waals surface area contributed by atoms with Crippen molar-refractivity contribution < 1.29 is 18.0 Å². The Morgan fingerprint density at radius 2 is 1.77 bits per heavy atom. The molecule has 6 heteroatoms. The Balaban J connectivity index is 2.85. The minimum absolute atomic E-state index is 0.0500. The lowest BCUT2D eigenvalue weighted by Gasteiger charge is -2.29. The SMILES string of the molecule is CC(C(=O)NC(C)(C)C)N(C)Cc1ccccc1C(F)(F)F. The summed E-state index contributed by atoms with van der Waals surface area (Å²) in [5.41, 5.74) is -0.881. The van der Waals surface area contributed by atoms with E-state index >= 15 is 0 Å². The van der Waals surface area contributed by atoms with E-state index in [9.17, 15) is 18.0 Å². The lowest BCUT2D eigenvalue weighted by Crippen LogP contribution is -2.49. The van der Waals surface area contributed by atoms with Crippen LogP contribution in [-0.2, 0) is 17.5 Å². The van der Waals surface area contributed by atoms with E-state index in [0.717, 1.165) is 6.07 Å². The second-order valence-corrected chi connectivity index (χ2v) is 6.49. The van der Waals surface area contributed by atoms with Gasteiger partial charge < -0.3 is 5.32 Å². The van der Waals surface area contributed by atoms with Crippen LogP contribution in [0.2, 0.25) is 0 Å². The predicted molar refractivity (Wildman–Crippen MR) is 80.3 cm³/mol. The van der Waals surface area contributed by atoms with Crippen molar-refractivity contribution >= 4 is 5.91 Å². The average Bonchev–Trinajstić information content (AvgIpc) is 2.35. The predicted octanol–water partition coefficient (Wildman–Crippen LogP) is 3.44. The first-order chi connectivity index (χ1) is 9.92. The number of nitrogens with zero attached hydrogens (tertiary/aromatic N) is 1. The van der Waals surface area contributed by atoms with Crippen molar-refractivity contribution in [2.24, 2.45) is 0 Å². The Labute approximate surface area is 129 Å². The molecule has 0 fully saturated rings. The zero-order valence-electron chi connectivity index (χ0n) is 13.6. The molecule has 1 rings (SSSR count). The molecule has 1 amide bonds. The molecule has 0 saturated carbocycles. The van der Waals surface area contributed by atoms with Crippen molar-refractivity contribution in [2.45, 2.75) is 52.0 Å². The summed E-state index contributed by atoms with van der Waals surface area (Å²) < 4.78 is 38.9. The fraction of sp³-hybridized carbons (Fsp3) is 0.562. The largest absolute Gasteiger partial charge is 0.416 e. The number of nitrogens with one attached hydrogen (secondary N) is 1. The van der Waals surface area contributed by atoms with Gasteiger partial charge in [0.05, 0.1) is 11.6 Å². The van der Waals surface area contributed by atoms with Crippen molar-refractivity contribution in [1.82, 2.24) is 10.2 Å². The number of likely N-dealkylation sites (N-methyl/N-ethyl adjacent to an activating group) is 1. The van der Waals surface area contributed by atoms with E-state index in [-0.39, 0.29) is 23.6 Å². The molecule has 0 aliphatic rings. The van der Waals surface area contributed by atoms with Gasteiger partial charge in [-0.3, -0.25) is 9.69 Å². The van der Waals surface area contributed by atoms with Crippen molar-refractivity contribution in [2.75, 3.05) is 7.05 Å². The minimum Gasteiger partial charge on any atom is -0.350 e. The van der Waals surface area contributed by atoms with E-state index in [4.69, 9.17) is 0 Å². The number of alkyl halides is 3. The zero-order chi connectivity index (χ0) is 17.1. The summed E-state index contributed by atoms with van der Waals surface area (Å²) in [6.07, 6.45) is -4.39. The molecule has 1 unspecified atom stereocenters. The first-order valence-corrected chi connectivity index (χ1v) is 7.09. The highest BCUT2D eigenvalue weighted by molar-refractivity contribution is 5.81. The van der Waals surface area contributed by atoms with E-state index in [0.29, 0.717) is 0 Å². The van der Waals surface area contributed by atoms with Crippen molar-refractivity contribution in [3.8, 4) is 0 Å². The standard InChI is InChI=1S/C16H23F3N2O/c1-11(14(22)20-15(2,3)4)21(5)10-12-8-6-7-9-13(12)16(17,18)19/h6-9,11H,10H2,1-5H3,(H,20,22). The number of carbonyl (C=O) groups excluding carboxylic acids is 1. The Morgan fingerprint density at radius 3 is 2.27 bits per heavy atom. The second kappa shape index (κ2) is 6.69. The number of benzene rings is 1. The topological polar surface area (TPSA) is 32.3 Å². The summed E-state index contributed by atoms with van der Waals surface area (Å²) in [4.78, 5) is 13.7. The van der Waals surface area contributed by atoms with Crippen LogP contribution in [0.15, 0.2) is 24.3 Å². The maximum Gasteiger partial charge on any atom is 0.416 e. The Hall–Kier alpha value is -1.56. The van der Waals surface area contributed by atoms with Gasteiger partial charge in [-0.05, 0) is 46.4 Å². The number of rotatable bonds is 4. The molecule has 1 N–H and O–H groups in total. The van der Waals surface area contributed by atoms with Gasteiger partial charge in [-0.25, -0.2) is 0 Å². The minimum atomic E-state index is -4.39. The third kappa shape index (κ3) is 5.33. The molecule has 0 bridgehead atoms. The third-order valence-corrected chi connectivity index (χ3v) is 3.28. The molecule has 124 valence electrons. The van der Waals surface area contributed by atoms with Gasteiger partial charge in [0.2, 0.25) is 5.91 Å². The van der Waals surface area contributed by atoms with Gasteiger partial charge in [-0.2, -0.15) is 13.2 Å². The average molecular weight is 316 g/mol. The van der Waals surface area contributed by atoms with Crippen LogP contribution in [0.4, 0.5) is 13.2 Å². The molecule has 0 aromatic heterocycles. The molecule has 0 aliphatic heterocycles. The monoisotopic (exact) mass is 316 g/mol. The number of hydrogen-bond donors (Lipinski definition) is 1. The maximum absolute atomic E-state index is 13.0. The van der Waals surface area contributed by atoms with Crippen LogP contribution in [0.1, 0.15) is 38.8 Å². The molecule has 0 saturated heterocycles. The lowest BCUT2D eigenvalue weighted by molar-refractivity contribution is -0.138.